The van der Waals surface area contributed by atoms with Gasteiger partial charge in [-0.15, -0.1) is 6.58 Å². The minimum atomic E-state index is 0.940. The molecule has 0 heteroatoms. The summed E-state index contributed by atoms with van der Waals surface area (Å²) in [6.45, 7) is 6.09. The first-order valence-electron chi connectivity index (χ1n) is 5.58. The van der Waals surface area contributed by atoms with Crippen molar-refractivity contribution in [2.75, 3.05) is 0 Å². The van der Waals surface area contributed by atoms with Gasteiger partial charge in [0.2, 0.25) is 0 Å². The lowest BCUT2D eigenvalue weighted by molar-refractivity contribution is 0.404. The monoisotopic (exact) mass is 176 g/mol. The van der Waals surface area contributed by atoms with Crippen LogP contribution >= 0.6 is 0 Å². The van der Waals surface area contributed by atoms with Crippen LogP contribution in [0.4, 0.5) is 0 Å². The van der Waals surface area contributed by atoms with E-state index in [1.807, 2.05) is 0 Å². The zero-order valence-corrected chi connectivity index (χ0v) is 8.63. The fourth-order valence-corrected chi connectivity index (χ4v) is 2.89. The van der Waals surface area contributed by atoms with Crippen LogP contribution < -0.4 is 0 Å². The number of fused-ring (bicyclic) bond motifs is 2. The Morgan fingerprint density at radius 3 is 2.77 bits per heavy atom. The molecule has 0 aromatic carbocycles. The van der Waals surface area contributed by atoms with Crippen LogP contribution in [0.3, 0.4) is 0 Å². The van der Waals surface area contributed by atoms with Crippen molar-refractivity contribution in [1.29, 1.82) is 0 Å². The van der Waals surface area contributed by atoms with E-state index in [1.165, 1.54) is 37.7 Å². The molecule has 2 rings (SSSR count). The Kier molecular flexibility index (Phi) is 2.57. The quantitative estimate of drug-likeness (QED) is 0.569. The van der Waals surface area contributed by atoms with Crippen LogP contribution in [0.2, 0.25) is 0 Å². The molecule has 3 atom stereocenters. The highest BCUT2D eigenvalue weighted by Gasteiger charge is 2.34. The zero-order valence-electron chi connectivity index (χ0n) is 8.63. The summed E-state index contributed by atoms with van der Waals surface area (Å²) in [6, 6.07) is 0. The lowest BCUT2D eigenvalue weighted by atomic mass is 9.88. The van der Waals surface area contributed by atoms with E-state index in [0.717, 1.165) is 17.8 Å². The van der Waals surface area contributed by atoms with Crippen LogP contribution in [0, 0.1) is 17.8 Å². The molecular weight excluding hydrogens is 156 g/mol. The Morgan fingerprint density at radius 1 is 1.38 bits per heavy atom. The average Bonchev–Trinajstić information content (AvgIpc) is 2.64. The van der Waals surface area contributed by atoms with Gasteiger partial charge in [-0.1, -0.05) is 17.7 Å². The average molecular weight is 176 g/mol. The van der Waals surface area contributed by atoms with Crippen LogP contribution in [-0.2, 0) is 0 Å². The molecule has 72 valence electrons. The molecule has 0 aliphatic heterocycles. The molecule has 0 radical (unpaired) electrons. The van der Waals surface area contributed by atoms with Gasteiger partial charge in [0.05, 0.1) is 0 Å². The number of hydrogen-bond donors (Lipinski definition) is 0. The smallest absolute Gasteiger partial charge is 0.0199 e. The third-order valence-corrected chi connectivity index (χ3v) is 3.59. The molecule has 3 unspecified atom stereocenters. The molecule has 0 nitrogen and oxygen atoms in total. The maximum Gasteiger partial charge on any atom is -0.0199 e. The first kappa shape index (κ1) is 9.05. The van der Waals surface area contributed by atoms with Crippen LogP contribution in [0.5, 0.6) is 0 Å². The van der Waals surface area contributed by atoms with E-state index >= 15 is 0 Å². The summed E-state index contributed by atoms with van der Waals surface area (Å²) in [5.74, 6) is 2.89. The largest absolute Gasteiger partial charge is 0.100 e. The van der Waals surface area contributed by atoms with E-state index in [0.29, 0.717) is 0 Å². The lowest BCUT2D eigenvalue weighted by Crippen LogP contribution is -2.06. The van der Waals surface area contributed by atoms with E-state index in [9.17, 15) is 0 Å². The van der Waals surface area contributed by atoms with Crippen molar-refractivity contribution < 1.29 is 0 Å². The van der Waals surface area contributed by atoms with Gasteiger partial charge in [0.1, 0.15) is 0 Å². The summed E-state index contributed by atoms with van der Waals surface area (Å²) in [5.41, 5.74) is 1.35. The summed E-state index contributed by atoms with van der Waals surface area (Å²) < 4.78 is 0. The highest BCUT2D eigenvalue weighted by molar-refractivity contribution is 5.10. The Morgan fingerprint density at radius 2 is 2.23 bits per heavy atom. The Bertz CT molecular complexity index is 224. The first-order chi connectivity index (χ1) is 6.25. The standard InChI is InChI=1S/C13H20/c1-10(2)4-3-5-12-8-11-6-7-13(12)9-11/h6-7,11-13H,1,3-5,8-9H2,2H3. The van der Waals surface area contributed by atoms with Crippen LogP contribution in [0.15, 0.2) is 24.3 Å². The summed E-state index contributed by atoms with van der Waals surface area (Å²) in [5, 5.41) is 0. The van der Waals surface area contributed by atoms with E-state index in [-0.39, 0.29) is 0 Å². The predicted octanol–water partition coefficient (Wildman–Crippen LogP) is 3.95. The summed E-state index contributed by atoms with van der Waals surface area (Å²) in [6.07, 6.45) is 11.8. The summed E-state index contributed by atoms with van der Waals surface area (Å²) >= 11 is 0. The fraction of sp³-hybridized carbons (Fsp3) is 0.692. The molecule has 0 heterocycles. The van der Waals surface area contributed by atoms with E-state index in [4.69, 9.17) is 0 Å². The van der Waals surface area contributed by atoms with Crippen molar-refractivity contribution in [3.8, 4) is 0 Å². The first-order valence-corrected chi connectivity index (χ1v) is 5.58. The Balaban J connectivity index is 1.72. The molecule has 2 aliphatic carbocycles. The molecule has 0 amide bonds. The number of rotatable bonds is 4. The molecule has 0 aromatic rings. The predicted molar refractivity (Wildman–Crippen MR) is 57.5 cm³/mol. The van der Waals surface area contributed by atoms with Crippen molar-refractivity contribution in [2.45, 2.75) is 39.0 Å². The van der Waals surface area contributed by atoms with Crippen molar-refractivity contribution in [2.24, 2.45) is 17.8 Å². The van der Waals surface area contributed by atoms with Crippen LogP contribution in [0.1, 0.15) is 39.0 Å². The second-order valence-electron chi connectivity index (χ2n) is 4.89. The van der Waals surface area contributed by atoms with E-state index in [2.05, 4.69) is 25.7 Å². The van der Waals surface area contributed by atoms with Crippen molar-refractivity contribution in [3.63, 3.8) is 0 Å². The van der Waals surface area contributed by atoms with Gasteiger partial charge in [-0.2, -0.15) is 0 Å². The molecule has 13 heavy (non-hydrogen) atoms. The van der Waals surface area contributed by atoms with Crippen molar-refractivity contribution in [1.82, 2.24) is 0 Å². The highest BCUT2D eigenvalue weighted by Crippen LogP contribution is 2.45. The molecule has 0 aromatic heterocycles. The van der Waals surface area contributed by atoms with Gasteiger partial charge < -0.3 is 0 Å². The highest BCUT2D eigenvalue weighted by atomic mass is 14.4. The molecule has 0 saturated heterocycles. The maximum atomic E-state index is 3.95. The minimum Gasteiger partial charge on any atom is -0.100 e. The van der Waals surface area contributed by atoms with Gasteiger partial charge in [-0.3, -0.25) is 0 Å². The lowest BCUT2D eigenvalue weighted by Gasteiger charge is -2.17. The molecule has 0 spiro atoms. The second kappa shape index (κ2) is 3.69. The van der Waals surface area contributed by atoms with Gasteiger partial charge in [0.25, 0.3) is 0 Å². The number of allylic oxidation sites excluding steroid dienone is 3. The minimum absolute atomic E-state index is 0.940. The van der Waals surface area contributed by atoms with E-state index in [1.54, 1.807) is 0 Å². The Labute approximate surface area is 81.7 Å². The molecule has 1 fully saturated rings. The van der Waals surface area contributed by atoms with Gasteiger partial charge in [0, 0.05) is 0 Å². The molecule has 2 bridgehead atoms. The van der Waals surface area contributed by atoms with Gasteiger partial charge in [0.15, 0.2) is 0 Å². The van der Waals surface area contributed by atoms with Gasteiger partial charge in [-0.05, 0) is 56.8 Å². The van der Waals surface area contributed by atoms with Crippen molar-refractivity contribution >= 4 is 0 Å². The van der Waals surface area contributed by atoms with Crippen molar-refractivity contribution in [3.05, 3.63) is 24.3 Å². The fourth-order valence-electron chi connectivity index (χ4n) is 2.89. The third kappa shape index (κ3) is 2.04. The topological polar surface area (TPSA) is 0 Å². The Hall–Kier alpha value is -0.520. The summed E-state index contributed by atoms with van der Waals surface area (Å²) in [7, 11) is 0. The van der Waals surface area contributed by atoms with Gasteiger partial charge >= 0.3 is 0 Å². The maximum absolute atomic E-state index is 3.95. The van der Waals surface area contributed by atoms with Crippen LogP contribution in [0.25, 0.3) is 0 Å². The zero-order chi connectivity index (χ0) is 9.26. The SMILES string of the molecule is C=C(C)CCCC1CC2C=CC1C2. The van der Waals surface area contributed by atoms with E-state index < -0.39 is 0 Å². The number of hydrogen-bond acceptors (Lipinski definition) is 0. The molecular formula is C13H20. The molecule has 1 saturated carbocycles. The third-order valence-electron chi connectivity index (χ3n) is 3.59. The van der Waals surface area contributed by atoms with Gasteiger partial charge in [-0.25, -0.2) is 0 Å². The van der Waals surface area contributed by atoms with Crippen LogP contribution in [-0.4, -0.2) is 0 Å². The second-order valence-corrected chi connectivity index (χ2v) is 4.89. The summed E-state index contributed by atoms with van der Waals surface area (Å²) in [4.78, 5) is 0. The molecule has 0 N–H and O–H groups in total. The molecule has 2 aliphatic rings. The normalized spacial score (nSPS) is 35.6.